The van der Waals surface area contributed by atoms with E-state index in [1.807, 2.05) is 0 Å². The van der Waals surface area contributed by atoms with Crippen molar-refractivity contribution in [3.05, 3.63) is 46.2 Å². The van der Waals surface area contributed by atoms with Gasteiger partial charge in [-0.3, -0.25) is 9.69 Å². The molecule has 0 unspecified atom stereocenters. The van der Waals surface area contributed by atoms with Crippen LogP contribution in [0, 0.1) is 6.92 Å². The molecule has 1 aromatic heterocycles. The van der Waals surface area contributed by atoms with E-state index in [2.05, 4.69) is 40.0 Å². The molecule has 2 aromatic rings. The summed E-state index contributed by atoms with van der Waals surface area (Å²) in [4.78, 5) is 30.9. The lowest BCUT2D eigenvalue weighted by atomic mass is 10.1. The van der Waals surface area contributed by atoms with Crippen LogP contribution in [0.1, 0.15) is 41.4 Å². The minimum Gasteiger partial charge on any atom is -0.371 e. The summed E-state index contributed by atoms with van der Waals surface area (Å²) in [6, 6.07) is 6.49. The van der Waals surface area contributed by atoms with Crippen LogP contribution in [0.5, 0.6) is 0 Å². The Morgan fingerprint density at radius 1 is 1.07 bits per heavy atom. The molecule has 7 nitrogen and oxygen atoms in total. The van der Waals surface area contributed by atoms with Crippen molar-refractivity contribution in [2.24, 2.45) is 0 Å². The molecule has 0 bridgehead atoms. The summed E-state index contributed by atoms with van der Waals surface area (Å²) in [5.74, 6) is -0.247. The topological polar surface area (TPSA) is 61.7 Å². The molecule has 0 saturated carbocycles. The summed E-state index contributed by atoms with van der Waals surface area (Å²) >= 11 is 6.03. The third-order valence-corrected chi connectivity index (χ3v) is 6.20. The van der Waals surface area contributed by atoms with Gasteiger partial charge in [-0.1, -0.05) is 23.7 Å². The van der Waals surface area contributed by atoms with E-state index in [1.165, 1.54) is 47.5 Å². The van der Waals surface area contributed by atoms with Crippen LogP contribution in [0.3, 0.4) is 0 Å². The molecule has 1 amide bonds. The van der Waals surface area contributed by atoms with Gasteiger partial charge >= 0.3 is 6.03 Å². The number of hydrogen-bond donors (Lipinski definition) is 0. The van der Waals surface area contributed by atoms with E-state index < -0.39 is 0 Å². The van der Waals surface area contributed by atoms with Gasteiger partial charge in [-0.25, -0.2) is 4.79 Å². The van der Waals surface area contributed by atoms with Crippen LogP contribution in [-0.4, -0.2) is 70.7 Å². The zero-order chi connectivity index (χ0) is 21.3. The average molecular weight is 430 g/mol. The second-order valence-electron chi connectivity index (χ2n) is 8.20. The number of anilines is 1. The standard InChI is InChI=1S/C22H28ClN5O2/c1-16-5-6-18(20(13-16)26-7-3-4-8-26)14-25-9-11-27(12-10-25)22(30)28-15-19(23)21(24-28)17(2)29/h5-6,13,15H,3-4,7-12,14H2,1-2H3. The smallest absolute Gasteiger partial charge is 0.344 e. The molecule has 3 heterocycles. The zero-order valence-corrected chi connectivity index (χ0v) is 18.4. The van der Waals surface area contributed by atoms with Crippen molar-refractivity contribution in [3.63, 3.8) is 0 Å². The highest BCUT2D eigenvalue weighted by Gasteiger charge is 2.25. The van der Waals surface area contributed by atoms with E-state index >= 15 is 0 Å². The van der Waals surface area contributed by atoms with E-state index in [1.54, 1.807) is 4.90 Å². The Bertz CT molecular complexity index is 943. The van der Waals surface area contributed by atoms with Gasteiger partial charge in [0.2, 0.25) is 0 Å². The van der Waals surface area contributed by atoms with E-state index in [-0.39, 0.29) is 22.5 Å². The third-order valence-electron chi connectivity index (χ3n) is 5.92. The highest BCUT2D eigenvalue weighted by atomic mass is 35.5. The fourth-order valence-corrected chi connectivity index (χ4v) is 4.50. The summed E-state index contributed by atoms with van der Waals surface area (Å²) in [6.07, 6.45) is 3.94. The maximum atomic E-state index is 12.7. The van der Waals surface area contributed by atoms with Crippen LogP contribution in [0.2, 0.25) is 5.02 Å². The normalized spacial score (nSPS) is 17.6. The quantitative estimate of drug-likeness (QED) is 0.697. The molecule has 0 radical (unpaired) electrons. The summed E-state index contributed by atoms with van der Waals surface area (Å²) in [5, 5.41) is 4.27. The lowest BCUT2D eigenvalue weighted by Crippen LogP contribution is -2.49. The number of ketones is 1. The first kappa shape index (κ1) is 20.9. The first-order valence-corrected chi connectivity index (χ1v) is 10.9. The first-order valence-electron chi connectivity index (χ1n) is 10.5. The van der Waals surface area contributed by atoms with Crippen LogP contribution < -0.4 is 4.90 Å². The van der Waals surface area contributed by atoms with Gasteiger partial charge in [0.25, 0.3) is 0 Å². The van der Waals surface area contributed by atoms with Gasteiger partial charge in [0.15, 0.2) is 5.78 Å². The van der Waals surface area contributed by atoms with Gasteiger partial charge in [0, 0.05) is 58.4 Å². The van der Waals surface area contributed by atoms with Crippen molar-refractivity contribution >= 4 is 29.1 Å². The minimum absolute atomic E-state index is 0.137. The Morgan fingerprint density at radius 2 is 1.77 bits per heavy atom. The molecule has 30 heavy (non-hydrogen) atoms. The number of rotatable bonds is 4. The van der Waals surface area contributed by atoms with Crippen LogP contribution in [0.25, 0.3) is 0 Å². The largest absolute Gasteiger partial charge is 0.371 e. The van der Waals surface area contributed by atoms with E-state index in [0.717, 1.165) is 32.7 Å². The van der Waals surface area contributed by atoms with Gasteiger partial charge in [-0.05, 0) is 37.0 Å². The minimum atomic E-state index is -0.247. The number of piperazine rings is 1. The average Bonchev–Trinajstić information content (AvgIpc) is 3.39. The summed E-state index contributed by atoms with van der Waals surface area (Å²) in [5.41, 5.74) is 4.14. The molecule has 2 aliphatic rings. The van der Waals surface area contributed by atoms with Gasteiger partial charge < -0.3 is 9.80 Å². The second-order valence-corrected chi connectivity index (χ2v) is 8.61. The van der Waals surface area contributed by atoms with Crippen molar-refractivity contribution < 1.29 is 9.59 Å². The summed E-state index contributed by atoms with van der Waals surface area (Å²) in [7, 11) is 0. The maximum absolute atomic E-state index is 12.7. The van der Waals surface area contributed by atoms with Crippen LogP contribution in [0.15, 0.2) is 24.4 Å². The van der Waals surface area contributed by atoms with Gasteiger partial charge in [-0.15, -0.1) is 0 Å². The number of amides is 1. The van der Waals surface area contributed by atoms with Gasteiger partial charge in [0.05, 0.1) is 11.2 Å². The van der Waals surface area contributed by atoms with E-state index in [0.29, 0.717) is 13.1 Å². The second kappa shape index (κ2) is 8.78. The van der Waals surface area contributed by atoms with E-state index in [9.17, 15) is 9.59 Å². The maximum Gasteiger partial charge on any atom is 0.344 e. The first-order chi connectivity index (χ1) is 14.4. The Kier molecular flexibility index (Phi) is 6.11. The summed E-state index contributed by atoms with van der Waals surface area (Å²) in [6.45, 7) is 9.53. The number of hydrogen-bond acceptors (Lipinski definition) is 5. The van der Waals surface area contributed by atoms with Crippen molar-refractivity contribution in [1.29, 1.82) is 0 Å². The fourth-order valence-electron chi connectivity index (χ4n) is 4.23. The number of carbonyl (C=O) groups excluding carboxylic acids is 2. The number of nitrogens with zero attached hydrogens (tertiary/aromatic N) is 5. The third kappa shape index (κ3) is 4.37. The SMILES string of the molecule is CC(=O)c1nn(C(=O)N2CCN(Cc3ccc(C)cc3N3CCCC3)CC2)cc1Cl. The van der Waals surface area contributed by atoms with Crippen molar-refractivity contribution in [2.45, 2.75) is 33.2 Å². The number of Topliss-reactive ketones (excluding diaryl/α,β-unsaturated/α-hetero) is 1. The number of aromatic nitrogens is 2. The molecule has 2 aliphatic heterocycles. The molecule has 0 aliphatic carbocycles. The molecule has 2 saturated heterocycles. The molecular formula is C22H28ClN5O2. The highest BCUT2D eigenvalue weighted by molar-refractivity contribution is 6.33. The predicted octanol–water partition coefficient (Wildman–Crippen LogP) is 3.43. The van der Waals surface area contributed by atoms with E-state index in [4.69, 9.17) is 11.6 Å². The Hall–Kier alpha value is -2.38. The molecular weight excluding hydrogens is 402 g/mol. The molecule has 1 aromatic carbocycles. The molecule has 0 atom stereocenters. The monoisotopic (exact) mass is 429 g/mol. The molecule has 160 valence electrons. The lowest BCUT2D eigenvalue weighted by Gasteiger charge is -2.35. The number of benzene rings is 1. The number of carbonyl (C=O) groups is 2. The van der Waals surface area contributed by atoms with Crippen molar-refractivity contribution in [2.75, 3.05) is 44.2 Å². The summed E-state index contributed by atoms with van der Waals surface area (Å²) < 4.78 is 1.18. The van der Waals surface area contributed by atoms with Crippen LogP contribution >= 0.6 is 11.6 Å². The predicted molar refractivity (Wildman–Crippen MR) is 118 cm³/mol. The molecule has 0 spiro atoms. The Morgan fingerprint density at radius 3 is 2.40 bits per heavy atom. The Labute approximate surface area is 182 Å². The van der Waals surface area contributed by atoms with Crippen molar-refractivity contribution in [1.82, 2.24) is 19.6 Å². The van der Waals surface area contributed by atoms with Crippen LogP contribution in [0.4, 0.5) is 10.5 Å². The van der Waals surface area contributed by atoms with Crippen LogP contribution in [-0.2, 0) is 6.54 Å². The zero-order valence-electron chi connectivity index (χ0n) is 17.6. The van der Waals surface area contributed by atoms with Gasteiger partial charge in [0.1, 0.15) is 5.69 Å². The molecule has 2 fully saturated rings. The number of aryl methyl sites for hydroxylation is 1. The fraction of sp³-hybridized carbons (Fsp3) is 0.500. The highest BCUT2D eigenvalue weighted by Crippen LogP contribution is 2.27. The number of halogens is 1. The lowest BCUT2D eigenvalue weighted by molar-refractivity contribution is 0.101. The molecule has 8 heteroatoms. The van der Waals surface area contributed by atoms with Gasteiger partial charge in [-0.2, -0.15) is 9.78 Å². The van der Waals surface area contributed by atoms with Crippen molar-refractivity contribution in [3.8, 4) is 0 Å². The molecule has 4 rings (SSSR count). The molecule has 0 N–H and O–H groups in total. The Balaban J connectivity index is 1.39.